The van der Waals surface area contributed by atoms with Gasteiger partial charge in [-0.05, 0) is 76.0 Å². The third kappa shape index (κ3) is 8.31. The molecule has 0 amide bonds. The number of pyridine rings is 2. The van der Waals surface area contributed by atoms with Crippen LogP contribution in [0, 0.1) is 29.4 Å². The summed E-state index contributed by atoms with van der Waals surface area (Å²) in [5.74, 6) is 1.24. The minimum absolute atomic E-state index is 0. The van der Waals surface area contributed by atoms with Crippen molar-refractivity contribution in [3.8, 4) is 39.7 Å². The average molecular weight is 916 g/mol. The van der Waals surface area contributed by atoms with E-state index in [2.05, 4.69) is 107 Å². The number of aromatic nitrogens is 2. The van der Waals surface area contributed by atoms with Crippen LogP contribution in [0.3, 0.4) is 0 Å². The van der Waals surface area contributed by atoms with Gasteiger partial charge in [0, 0.05) is 43.4 Å². The monoisotopic (exact) mass is 916 g/mol. The van der Waals surface area contributed by atoms with E-state index in [1.807, 2.05) is 72.9 Å². The van der Waals surface area contributed by atoms with Gasteiger partial charge in [-0.3, -0.25) is 0 Å². The van der Waals surface area contributed by atoms with Crippen molar-refractivity contribution in [2.75, 3.05) is 0 Å². The van der Waals surface area contributed by atoms with Crippen LogP contribution >= 0.6 is 0 Å². The normalized spacial score (nSPS) is 13.4. The van der Waals surface area contributed by atoms with Crippen LogP contribution in [0.2, 0.25) is 19.6 Å². The molecule has 0 N–H and O–H groups in total. The largest absolute Gasteiger partial charge is 0.500 e. The van der Waals surface area contributed by atoms with Crippen LogP contribution in [0.5, 0.6) is 0 Å². The minimum atomic E-state index is -1.34. The van der Waals surface area contributed by atoms with Gasteiger partial charge < -0.3 is 14.4 Å². The summed E-state index contributed by atoms with van der Waals surface area (Å²) in [6.45, 7) is 16.4. The third-order valence-corrected chi connectivity index (χ3v) is 13.3. The Kier molecular flexibility index (Phi) is 12.1. The molecule has 281 valence electrons. The Hall–Kier alpha value is -4.66. The van der Waals surface area contributed by atoms with Crippen molar-refractivity contribution in [2.45, 2.75) is 84.4 Å². The topological polar surface area (TPSA) is 62.7 Å². The molecule has 8 rings (SSSR count). The van der Waals surface area contributed by atoms with E-state index in [0.29, 0.717) is 17.4 Å². The van der Waals surface area contributed by atoms with Crippen molar-refractivity contribution in [3.05, 3.63) is 138 Å². The van der Waals surface area contributed by atoms with Gasteiger partial charge in [0.25, 0.3) is 0 Å². The van der Waals surface area contributed by atoms with E-state index in [0.717, 1.165) is 55.6 Å². The van der Waals surface area contributed by atoms with Crippen LogP contribution in [0.1, 0.15) is 76.0 Å². The minimum Gasteiger partial charge on any atom is -0.500 e. The van der Waals surface area contributed by atoms with Crippen LogP contribution in [0.4, 0.5) is 0 Å². The molecule has 55 heavy (non-hydrogen) atoms. The first-order valence-electron chi connectivity index (χ1n) is 19.3. The van der Waals surface area contributed by atoms with E-state index in [1.54, 1.807) is 0 Å². The van der Waals surface area contributed by atoms with Crippen LogP contribution in [0.25, 0.3) is 55.6 Å². The number of nitriles is 1. The standard InChI is InChI=1S/C32H27N2O.C17H22NSi.Ir/c1-32(2,24-10-6-7-11-24)25-16-17-34-27(19-25)22-12-14-28-26(18-22)31-29(35-28)15-13-23(20-33)30(31)21-8-4-3-5-9-21;1-13(2)15-11-16(14-9-7-6-8-10-14)18-12-17(15)19(3,4)5;/h3-5,8-9,13-19,24H,6-7,10-11H2,1-2H3;6-9,11-13H,1-5H3;/q2*-1;. The predicted octanol–water partition coefficient (Wildman–Crippen LogP) is 12.7. The van der Waals surface area contributed by atoms with Gasteiger partial charge in [-0.15, -0.1) is 59.7 Å². The SMILES string of the molecule is CC(C)(c1ccnc(-c2[c-]cc3oc4ccc(C#N)c(-c5ccccc5)c4c3c2)c1)C1CCCC1.CC(C)c1cc(-c2[c-]cccc2)ncc1[Si](C)(C)C.[Ir]. The number of rotatable bonds is 7. The molecule has 4 aromatic carbocycles. The molecule has 3 heterocycles. The molecule has 1 fully saturated rings. The fourth-order valence-corrected chi connectivity index (χ4v) is 9.77. The molecular formula is C49H49IrN3OSi-2. The fourth-order valence-electron chi connectivity index (χ4n) is 8.10. The molecule has 0 atom stereocenters. The van der Waals surface area contributed by atoms with Crippen molar-refractivity contribution in [2.24, 2.45) is 5.92 Å². The quantitative estimate of drug-likeness (QED) is 0.118. The number of hydrogen-bond donors (Lipinski definition) is 0. The Balaban J connectivity index is 0.000000219. The summed E-state index contributed by atoms with van der Waals surface area (Å²) in [5.41, 5.74) is 10.9. The Morgan fingerprint density at radius 1 is 0.836 bits per heavy atom. The molecule has 6 heteroatoms. The molecular weight excluding hydrogens is 867 g/mol. The van der Waals surface area contributed by atoms with Gasteiger partial charge in [0.15, 0.2) is 0 Å². The van der Waals surface area contributed by atoms with Crippen LogP contribution in [-0.2, 0) is 25.5 Å². The van der Waals surface area contributed by atoms with E-state index in [-0.39, 0.29) is 25.5 Å². The third-order valence-electron chi connectivity index (χ3n) is 11.3. The predicted molar refractivity (Wildman–Crippen MR) is 226 cm³/mol. The first kappa shape index (κ1) is 40.0. The molecule has 1 radical (unpaired) electrons. The molecule has 1 aliphatic carbocycles. The molecule has 1 aliphatic rings. The Morgan fingerprint density at radius 3 is 2.24 bits per heavy atom. The molecule has 0 spiro atoms. The van der Waals surface area contributed by atoms with Gasteiger partial charge in [-0.2, -0.15) is 5.26 Å². The molecule has 3 aromatic heterocycles. The van der Waals surface area contributed by atoms with E-state index in [4.69, 9.17) is 9.40 Å². The van der Waals surface area contributed by atoms with Crippen LogP contribution < -0.4 is 5.19 Å². The maximum absolute atomic E-state index is 9.88. The Bertz CT molecular complexity index is 2450. The second kappa shape index (κ2) is 16.6. The van der Waals surface area contributed by atoms with Crippen LogP contribution in [-0.4, -0.2) is 18.0 Å². The van der Waals surface area contributed by atoms with Crippen molar-refractivity contribution < 1.29 is 24.5 Å². The molecule has 4 nitrogen and oxygen atoms in total. The average Bonchev–Trinajstić information content (AvgIpc) is 3.87. The maximum atomic E-state index is 9.88. The first-order chi connectivity index (χ1) is 26.0. The second-order valence-corrected chi connectivity index (χ2v) is 21.6. The number of nitrogens with zero attached hydrogens (tertiary/aromatic N) is 3. The van der Waals surface area contributed by atoms with Gasteiger partial charge in [-0.1, -0.05) is 114 Å². The van der Waals surface area contributed by atoms with Gasteiger partial charge in [-0.25, -0.2) is 0 Å². The van der Waals surface area contributed by atoms with E-state index in [9.17, 15) is 5.26 Å². The van der Waals surface area contributed by atoms with Crippen molar-refractivity contribution in [1.82, 2.24) is 9.97 Å². The van der Waals surface area contributed by atoms with Crippen molar-refractivity contribution in [3.63, 3.8) is 0 Å². The summed E-state index contributed by atoms with van der Waals surface area (Å²) in [5, 5.41) is 13.3. The summed E-state index contributed by atoms with van der Waals surface area (Å²) in [7, 11) is -1.34. The van der Waals surface area contributed by atoms with Crippen LogP contribution in [0.15, 0.2) is 114 Å². The molecule has 0 bridgehead atoms. The van der Waals surface area contributed by atoms with E-state index in [1.165, 1.54) is 42.0 Å². The molecule has 0 aliphatic heterocycles. The zero-order valence-corrected chi connectivity index (χ0v) is 36.4. The van der Waals surface area contributed by atoms with E-state index >= 15 is 0 Å². The number of fused-ring (bicyclic) bond motifs is 3. The molecule has 7 aromatic rings. The van der Waals surface area contributed by atoms with Gasteiger partial charge in [0.05, 0.1) is 25.3 Å². The number of hydrogen-bond acceptors (Lipinski definition) is 4. The zero-order chi connectivity index (χ0) is 38.0. The van der Waals surface area contributed by atoms with E-state index < -0.39 is 8.07 Å². The molecule has 0 saturated heterocycles. The maximum Gasteiger partial charge on any atom is 0.121 e. The van der Waals surface area contributed by atoms with Gasteiger partial charge in [0.2, 0.25) is 0 Å². The summed E-state index contributed by atoms with van der Waals surface area (Å²) < 4.78 is 6.19. The molecule has 0 unspecified atom stereocenters. The second-order valence-electron chi connectivity index (χ2n) is 16.5. The fraction of sp³-hybridized carbons (Fsp3) is 0.286. The Labute approximate surface area is 341 Å². The molecule has 1 saturated carbocycles. The van der Waals surface area contributed by atoms with Crippen molar-refractivity contribution >= 4 is 35.2 Å². The summed E-state index contributed by atoms with van der Waals surface area (Å²) in [6, 6.07) is 41.6. The summed E-state index contributed by atoms with van der Waals surface area (Å²) in [6.07, 6.45) is 9.28. The number of furan rings is 1. The Morgan fingerprint density at radius 2 is 1.56 bits per heavy atom. The number of benzene rings is 4. The zero-order valence-electron chi connectivity index (χ0n) is 33.0. The smallest absolute Gasteiger partial charge is 0.121 e. The summed E-state index contributed by atoms with van der Waals surface area (Å²) >= 11 is 0. The van der Waals surface area contributed by atoms with Gasteiger partial charge >= 0.3 is 0 Å². The van der Waals surface area contributed by atoms with Crippen molar-refractivity contribution in [1.29, 1.82) is 5.26 Å². The first-order valence-corrected chi connectivity index (χ1v) is 22.8. The summed E-state index contributed by atoms with van der Waals surface area (Å²) in [4.78, 5) is 9.38. The van der Waals surface area contributed by atoms with Gasteiger partial charge in [0.1, 0.15) is 5.58 Å².